The molecule has 0 radical (unpaired) electrons. The van der Waals surface area contributed by atoms with Crippen molar-refractivity contribution in [3.05, 3.63) is 52.9 Å². The fraction of sp³-hybridized carbons (Fsp3) is 0.316. The van der Waals surface area contributed by atoms with E-state index < -0.39 is 0 Å². The summed E-state index contributed by atoms with van der Waals surface area (Å²) in [5, 5.41) is 5.67. The number of thiazole rings is 1. The molecule has 1 aliphatic rings. The molecule has 4 rings (SSSR count). The molecule has 3 aromatic rings. The standard InChI is InChI=1S/C19H21N5O2S/c1-13-11-16(14(2)24(13)19-20-5-10-27-19)18(25)22-17-4-3-15(12-21-17)23-6-8-26-9-7-23/h3-5,10-12H,6-9H2,1-2H3,(H,21,22,25). The molecule has 3 aromatic heterocycles. The number of nitrogens with zero attached hydrogens (tertiary/aromatic N) is 4. The van der Waals surface area contributed by atoms with E-state index in [2.05, 4.69) is 20.2 Å². The van der Waals surface area contributed by atoms with E-state index in [0.29, 0.717) is 11.4 Å². The van der Waals surface area contributed by atoms with Crippen molar-refractivity contribution in [2.24, 2.45) is 0 Å². The number of carbonyl (C=O) groups is 1. The molecule has 1 fully saturated rings. The number of amides is 1. The van der Waals surface area contributed by atoms with E-state index in [0.717, 1.165) is 48.5 Å². The van der Waals surface area contributed by atoms with Crippen LogP contribution in [0.2, 0.25) is 0 Å². The SMILES string of the molecule is Cc1cc(C(=O)Nc2ccc(N3CCOCC3)cn2)c(C)n1-c1nccs1. The van der Waals surface area contributed by atoms with E-state index in [1.165, 1.54) is 0 Å². The van der Waals surface area contributed by atoms with Crippen molar-refractivity contribution in [3.8, 4) is 5.13 Å². The number of hydrogen-bond donors (Lipinski definition) is 1. The molecule has 7 nitrogen and oxygen atoms in total. The van der Waals surface area contributed by atoms with Crippen LogP contribution in [0.4, 0.5) is 11.5 Å². The summed E-state index contributed by atoms with van der Waals surface area (Å²) in [5.74, 6) is 0.369. The topological polar surface area (TPSA) is 72.3 Å². The molecule has 0 aliphatic carbocycles. The minimum Gasteiger partial charge on any atom is -0.378 e. The molecule has 0 saturated carbocycles. The summed E-state index contributed by atoms with van der Waals surface area (Å²) < 4.78 is 7.37. The number of carbonyl (C=O) groups excluding carboxylic acids is 1. The number of aromatic nitrogens is 3. The summed E-state index contributed by atoms with van der Waals surface area (Å²) >= 11 is 1.54. The van der Waals surface area contributed by atoms with Gasteiger partial charge < -0.3 is 15.0 Å². The second kappa shape index (κ2) is 7.50. The third-order valence-electron chi connectivity index (χ3n) is 4.65. The minimum atomic E-state index is -0.169. The molecule has 0 spiro atoms. The van der Waals surface area contributed by atoms with Crippen LogP contribution in [0.25, 0.3) is 5.13 Å². The monoisotopic (exact) mass is 383 g/mol. The highest BCUT2D eigenvalue weighted by Gasteiger charge is 2.18. The van der Waals surface area contributed by atoms with Gasteiger partial charge in [-0.05, 0) is 32.0 Å². The predicted octanol–water partition coefficient (Wildman–Crippen LogP) is 3.03. The molecule has 27 heavy (non-hydrogen) atoms. The van der Waals surface area contributed by atoms with E-state index in [4.69, 9.17) is 4.74 Å². The second-order valence-electron chi connectivity index (χ2n) is 6.39. The lowest BCUT2D eigenvalue weighted by atomic mass is 10.2. The zero-order valence-electron chi connectivity index (χ0n) is 15.3. The summed E-state index contributed by atoms with van der Waals surface area (Å²) in [7, 11) is 0. The fourth-order valence-corrected chi connectivity index (χ4v) is 4.02. The molecule has 1 amide bonds. The molecule has 4 heterocycles. The summed E-state index contributed by atoms with van der Waals surface area (Å²) in [5.41, 5.74) is 3.51. The van der Waals surface area contributed by atoms with Crippen LogP contribution in [0.3, 0.4) is 0 Å². The summed E-state index contributed by atoms with van der Waals surface area (Å²) in [4.78, 5) is 23.7. The van der Waals surface area contributed by atoms with Crippen molar-refractivity contribution in [2.45, 2.75) is 13.8 Å². The normalized spacial score (nSPS) is 14.4. The van der Waals surface area contributed by atoms with Crippen LogP contribution in [-0.2, 0) is 4.74 Å². The van der Waals surface area contributed by atoms with Gasteiger partial charge in [-0.3, -0.25) is 9.36 Å². The van der Waals surface area contributed by atoms with Crippen LogP contribution in [-0.4, -0.2) is 46.7 Å². The Labute approximate surface area is 161 Å². The number of morpholine rings is 1. The van der Waals surface area contributed by atoms with Crippen molar-refractivity contribution >= 4 is 28.7 Å². The van der Waals surface area contributed by atoms with Crippen LogP contribution < -0.4 is 10.2 Å². The molecule has 1 N–H and O–H groups in total. The maximum atomic E-state index is 12.7. The van der Waals surface area contributed by atoms with Gasteiger partial charge in [-0.2, -0.15) is 0 Å². The van der Waals surface area contributed by atoms with Gasteiger partial charge in [0.25, 0.3) is 5.91 Å². The molecule has 1 saturated heterocycles. The Balaban J connectivity index is 1.50. The van der Waals surface area contributed by atoms with Crippen LogP contribution in [0.15, 0.2) is 36.0 Å². The van der Waals surface area contributed by atoms with E-state index in [1.54, 1.807) is 23.7 Å². The molecule has 0 aromatic carbocycles. The van der Waals surface area contributed by atoms with Gasteiger partial charge in [0.15, 0.2) is 5.13 Å². The van der Waals surface area contributed by atoms with E-state index in [-0.39, 0.29) is 5.91 Å². The van der Waals surface area contributed by atoms with Crippen LogP contribution in [0, 0.1) is 13.8 Å². The van der Waals surface area contributed by atoms with Crippen molar-refractivity contribution in [1.82, 2.24) is 14.5 Å². The number of anilines is 2. The Morgan fingerprint density at radius 2 is 2.04 bits per heavy atom. The van der Waals surface area contributed by atoms with Crippen LogP contribution in [0.5, 0.6) is 0 Å². The lowest BCUT2D eigenvalue weighted by Gasteiger charge is -2.28. The molecule has 0 unspecified atom stereocenters. The zero-order valence-corrected chi connectivity index (χ0v) is 16.1. The molecular weight excluding hydrogens is 362 g/mol. The number of pyridine rings is 1. The van der Waals surface area contributed by atoms with Gasteiger partial charge in [0.2, 0.25) is 0 Å². The lowest BCUT2D eigenvalue weighted by molar-refractivity contribution is 0.102. The average Bonchev–Trinajstić information content (AvgIpc) is 3.31. The Morgan fingerprint density at radius 3 is 2.70 bits per heavy atom. The average molecular weight is 383 g/mol. The van der Waals surface area contributed by atoms with Gasteiger partial charge in [-0.15, -0.1) is 11.3 Å². The van der Waals surface area contributed by atoms with Crippen molar-refractivity contribution in [2.75, 3.05) is 36.5 Å². The largest absolute Gasteiger partial charge is 0.378 e. The number of nitrogens with one attached hydrogen (secondary N) is 1. The van der Waals surface area contributed by atoms with Gasteiger partial charge >= 0.3 is 0 Å². The molecule has 1 aliphatic heterocycles. The number of rotatable bonds is 4. The second-order valence-corrected chi connectivity index (χ2v) is 7.26. The van der Waals surface area contributed by atoms with Gasteiger partial charge in [-0.25, -0.2) is 9.97 Å². The Bertz CT molecular complexity index is 928. The smallest absolute Gasteiger partial charge is 0.258 e. The minimum absolute atomic E-state index is 0.169. The summed E-state index contributed by atoms with van der Waals surface area (Å²) in [6.07, 6.45) is 3.55. The van der Waals surface area contributed by atoms with Gasteiger partial charge in [0.05, 0.1) is 30.7 Å². The third-order valence-corrected chi connectivity index (χ3v) is 5.41. The zero-order chi connectivity index (χ0) is 18.8. The fourth-order valence-electron chi connectivity index (χ4n) is 3.27. The quantitative estimate of drug-likeness (QED) is 0.750. The number of hydrogen-bond acceptors (Lipinski definition) is 6. The lowest BCUT2D eigenvalue weighted by Crippen LogP contribution is -2.36. The Kier molecular flexibility index (Phi) is 4.91. The Hall–Kier alpha value is -2.71. The molecule has 0 bridgehead atoms. The van der Waals surface area contributed by atoms with Crippen LogP contribution in [0.1, 0.15) is 21.7 Å². The molecule has 0 atom stereocenters. The number of ether oxygens (including phenoxy) is 1. The van der Waals surface area contributed by atoms with E-state index >= 15 is 0 Å². The highest BCUT2D eigenvalue weighted by Crippen LogP contribution is 2.23. The van der Waals surface area contributed by atoms with Crippen molar-refractivity contribution in [1.29, 1.82) is 0 Å². The summed E-state index contributed by atoms with van der Waals surface area (Å²) in [6.45, 7) is 7.07. The molecule has 8 heteroatoms. The van der Waals surface area contributed by atoms with Gasteiger partial charge in [0.1, 0.15) is 5.82 Å². The first-order valence-electron chi connectivity index (χ1n) is 8.82. The maximum absolute atomic E-state index is 12.7. The Morgan fingerprint density at radius 1 is 1.22 bits per heavy atom. The van der Waals surface area contributed by atoms with E-state index in [1.807, 2.05) is 42.0 Å². The first-order valence-corrected chi connectivity index (χ1v) is 9.70. The molecular formula is C19H21N5O2S. The highest BCUT2D eigenvalue weighted by molar-refractivity contribution is 7.12. The molecule has 140 valence electrons. The predicted molar refractivity (Wildman–Crippen MR) is 106 cm³/mol. The maximum Gasteiger partial charge on any atom is 0.258 e. The van der Waals surface area contributed by atoms with Crippen LogP contribution >= 0.6 is 11.3 Å². The first kappa shape index (κ1) is 17.7. The van der Waals surface area contributed by atoms with Gasteiger partial charge in [0, 0.05) is 36.1 Å². The van der Waals surface area contributed by atoms with Gasteiger partial charge in [-0.1, -0.05) is 0 Å². The number of aryl methyl sites for hydroxylation is 1. The summed E-state index contributed by atoms with van der Waals surface area (Å²) in [6, 6.07) is 5.70. The first-order chi connectivity index (χ1) is 13.1. The van der Waals surface area contributed by atoms with Crippen molar-refractivity contribution < 1.29 is 9.53 Å². The van der Waals surface area contributed by atoms with E-state index in [9.17, 15) is 4.79 Å². The van der Waals surface area contributed by atoms with Crippen molar-refractivity contribution in [3.63, 3.8) is 0 Å². The highest BCUT2D eigenvalue weighted by atomic mass is 32.1. The third kappa shape index (κ3) is 3.58.